The van der Waals surface area contributed by atoms with Crippen LogP contribution in [0.15, 0.2) is 58.7 Å². The maximum atomic E-state index is 5.89. The molecule has 0 N–H and O–H groups in total. The lowest BCUT2D eigenvalue weighted by Crippen LogP contribution is -2.00. The number of benzene rings is 2. The quantitative estimate of drug-likeness (QED) is 0.111. The van der Waals surface area contributed by atoms with Gasteiger partial charge in [0.05, 0.1) is 24.6 Å². The lowest BCUT2D eigenvalue weighted by atomic mass is 10.1. The van der Waals surface area contributed by atoms with Gasteiger partial charge in [-0.1, -0.05) is 78.1 Å². The maximum Gasteiger partial charge on any atom is 0.119 e. The zero-order valence-corrected chi connectivity index (χ0v) is 23.2. The Morgan fingerprint density at radius 1 is 0.500 bits per heavy atom. The van der Waals surface area contributed by atoms with E-state index in [1.165, 1.54) is 64.2 Å². The van der Waals surface area contributed by atoms with Crippen molar-refractivity contribution in [3.05, 3.63) is 59.7 Å². The Kier molecular flexibility index (Phi) is 15.3. The topological polar surface area (TPSA) is 43.2 Å². The van der Waals surface area contributed by atoms with Crippen molar-refractivity contribution < 1.29 is 9.47 Å². The van der Waals surface area contributed by atoms with Gasteiger partial charge in [0.25, 0.3) is 0 Å². The predicted octanol–water partition coefficient (Wildman–Crippen LogP) is 9.40. The van der Waals surface area contributed by atoms with Crippen LogP contribution in [-0.4, -0.2) is 24.6 Å². The van der Waals surface area contributed by atoms with Gasteiger partial charge in [0.15, 0.2) is 0 Å². The van der Waals surface area contributed by atoms with E-state index in [1.807, 2.05) is 38.1 Å². The summed E-state index contributed by atoms with van der Waals surface area (Å²) in [5.41, 5.74) is 3.88. The molecule has 0 saturated carbocycles. The van der Waals surface area contributed by atoms with Crippen molar-refractivity contribution in [2.75, 3.05) is 13.2 Å². The summed E-state index contributed by atoms with van der Waals surface area (Å²) < 4.78 is 11.8. The van der Waals surface area contributed by atoms with Crippen LogP contribution in [-0.2, 0) is 0 Å². The number of unbranched alkanes of at least 4 members (excludes halogenated alkanes) is 10. The third-order valence-corrected chi connectivity index (χ3v) is 6.43. The molecule has 0 aliphatic rings. The molecule has 0 heterocycles. The van der Waals surface area contributed by atoms with Gasteiger partial charge in [-0.3, -0.25) is 0 Å². The molecule has 4 heteroatoms. The van der Waals surface area contributed by atoms with Crippen LogP contribution < -0.4 is 9.47 Å². The van der Waals surface area contributed by atoms with Crippen LogP contribution in [0.25, 0.3) is 0 Å². The van der Waals surface area contributed by atoms with Crippen LogP contribution >= 0.6 is 0 Å². The first-order valence-electron chi connectivity index (χ1n) is 14.2. The summed E-state index contributed by atoms with van der Waals surface area (Å²) in [4.78, 5) is 0. The average Bonchev–Trinajstić information content (AvgIpc) is 2.91. The van der Waals surface area contributed by atoms with Gasteiger partial charge in [0, 0.05) is 0 Å². The molecule has 0 fully saturated rings. The lowest BCUT2D eigenvalue weighted by Gasteiger charge is -2.08. The van der Waals surface area contributed by atoms with Crippen molar-refractivity contribution in [1.82, 2.24) is 0 Å². The van der Waals surface area contributed by atoms with Crippen molar-refractivity contribution >= 4 is 11.4 Å². The van der Waals surface area contributed by atoms with Gasteiger partial charge in [0.1, 0.15) is 11.5 Å². The molecule has 0 aliphatic heterocycles. The molecule has 36 heavy (non-hydrogen) atoms. The van der Waals surface area contributed by atoms with Gasteiger partial charge in [0.2, 0.25) is 0 Å². The fourth-order valence-electron chi connectivity index (χ4n) is 4.00. The van der Waals surface area contributed by atoms with E-state index < -0.39 is 0 Å². The first-order chi connectivity index (χ1) is 17.6. The zero-order valence-electron chi connectivity index (χ0n) is 23.2. The summed E-state index contributed by atoms with van der Waals surface area (Å²) in [6, 6.07) is 16.3. The van der Waals surface area contributed by atoms with Gasteiger partial charge in [-0.2, -0.15) is 10.2 Å². The highest BCUT2D eigenvalue weighted by molar-refractivity contribution is 6.01. The Morgan fingerprint density at radius 2 is 0.833 bits per heavy atom. The number of nitrogens with zero attached hydrogens (tertiary/aromatic N) is 2. The molecule has 2 rings (SSSR count). The second kappa shape index (κ2) is 18.6. The Bertz CT molecular complexity index is 810. The van der Waals surface area contributed by atoms with Crippen molar-refractivity contribution in [1.29, 1.82) is 0 Å². The lowest BCUT2D eigenvalue weighted by molar-refractivity contribution is 0.304. The smallest absolute Gasteiger partial charge is 0.119 e. The molecule has 0 unspecified atom stereocenters. The molecule has 0 aliphatic carbocycles. The maximum absolute atomic E-state index is 5.89. The summed E-state index contributed by atoms with van der Waals surface area (Å²) in [7, 11) is 0. The molecule has 0 radical (unpaired) electrons. The summed E-state index contributed by atoms with van der Waals surface area (Å²) in [5, 5.41) is 8.92. The molecule has 0 spiro atoms. The molecule has 2 aromatic rings. The van der Waals surface area contributed by atoms with Crippen LogP contribution in [0.4, 0.5) is 0 Å². The minimum atomic E-state index is 0.783. The van der Waals surface area contributed by atoms with E-state index in [9.17, 15) is 0 Å². The van der Waals surface area contributed by atoms with Gasteiger partial charge in [-0.15, -0.1) is 0 Å². The highest BCUT2D eigenvalue weighted by atomic mass is 16.5. The van der Waals surface area contributed by atoms with E-state index in [2.05, 4.69) is 48.3 Å². The van der Waals surface area contributed by atoms with Gasteiger partial charge >= 0.3 is 0 Å². The van der Waals surface area contributed by atoms with Crippen molar-refractivity contribution in [3.8, 4) is 11.5 Å². The molecule has 198 valence electrons. The highest BCUT2D eigenvalue weighted by Crippen LogP contribution is 2.16. The van der Waals surface area contributed by atoms with Gasteiger partial charge < -0.3 is 9.47 Å². The van der Waals surface area contributed by atoms with E-state index in [1.54, 1.807) is 0 Å². The van der Waals surface area contributed by atoms with E-state index in [4.69, 9.17) is 9.47 Å². The summed E-state index contributed by atoms with van der Waals surface area (Å²) >= 11 is 0. The second-order valence-electron chi connectivity index (χ2n) is 9.65. The minimum absolute atomic E-state index is 0.783. The third kappa shape index (κ3) is 12.4. The molecule has 2 aromatic carbocycles. The van der Waals surface area contributed by atoms with Crippen LogP contribution in [0.2, 0.25) is 0 Å². The SMILES string of the molecule is CCCCCCCCOc1ccc(/C(C)=N/N=C(\C)c2ccc(OCCCCCCCC)cc2)cc1. The minimum Gasteiger partial charge on any atom is -0.494 e. The number of hydrogen-bond donors (Lipinski definition) is 0. The fourth-order valence-corrected chi connectivity index (χ4v) is 4.00. The first kappa shape index (κ1) is 29.6. The van der Waals surface area contributed by atoms with Crippen molar-refractivity contribution in [3.63, 3.8) is 0 Å². The molecular formula is C32H48N2O2. The monoisotopic (exact) mass is 492 g/mol. The average molecular weight is 493 g/mol. The summed E-state index contributed by atoms with van der Waals surface area (Å²) in [6.07, 6.45) is 15.3. The number of rotatable bonds is 19. The predicted molar refractivity (Wildman–Crippen MR) is 155 cm³/mol. The Labute approximate surface area is 220 Å². The fraction of sp³-hybridized carbons (Fsp3) is 0.562. The van der Waals surface area contributed by atoms with E-state index in [0.29, 0.717) is 0 Å². The largest absolute Gasteiger partial charge is 0.494 e. The van der Waals surface area contributed by atoms with Gasteiger partial charge in [-0.25, -0.2) is 0 Å². The van der Waals surface area contributed by atoms with Crippen LogP contribution in [0.5, 0.6) is 11.5 Å². The Hall–Kier alpha value is -2.62. The second-order valence-corrected chi connectivity index (χ2v) is 9.65. The summed E-state index contributed by atoms with van der Waals surface area (Å²) in [5.74, 6) is 1.83. The Morgan fingerprint density at radius 3 is 1.19 bits per heavy atom. The standard InChI is InChI=1S/C32H48N2O2/c1-5-7-9-11-13-15-25-35-31-21-17-29(18-22-31)27(3)33-34-28(4)30-19-23-32(24-20-30)36-26-16-14-12-10-8-6-2/h17-24H,5-16,25-26H2,1-4H3/b33-27+,34-28+. The Balaban J connectivity index is 1.75. The van der Waals surface area contributed by atoms with E-state index >= 15 is 0 Å². The number of hydrogen-bond acceptors (Lipinski definition) is 4. The van der Waals surface area contributed by atoms with Gasteiger partial charge in [-0.05, 0) is 86.3 Å². The van der Waals surface area contributed by atoms with Crippen molar-refractivity contribution in [2.24, 2.45) is 10.2 Å². The molecule has 4 nitrogen and oxygen atoms in total. The molecular weight excluding hydrogens is 444 g/mol. The van der Waals surface area contributed by atoms with Crippen molar-refractivity contribution in [2.45, 2.75) is 105 Å². The molecule has 0 bridgehead atoms. The van der Waals surface area contributed by atoms with E-state index in [0.717, 1.165) is 60.1 Å². The van der Waals surface area contributed by atoms with Crippen LogP contribution in [0.3, 0.4) is 0 Å². The zero-order chi connectivity index (χ0) is 25.8. The van der Waals surface area contributed by atoms with Crippen LogP contribution in [0.1, 0.15) is 116 Å². The van der Waals surface area contributed by atoms with Crippen LogP contribution in [0, 0.1) is 0 Å². The molecule has 0 atom stereocenters. The summed E-state index contributed by atoms with van der Waals surface area (Å²) in [6.45, 7) is 10.0. The first-order valence-corrected chi connectivity index (χ1v) is 14.2. The van der Waals surface area contributed by atoms with E-state index in [-0.39, 0.29) is 0 Å². The molecule has 0 aromatic heterocycles. The number of ether oxygens (including phenoxy) is 2. The third-order valence-electron chi connectivity index (χ3n) is 6.43. The highest BCUT2D eigenvalue weighted by Gasteiger charge is 2.02. The molecule has 0 amide bonds. The molecule has 0 saturated heterocycles. The normalized spacial score (nSPS) is 12.1.